The normalized spacial score (nSPS) is 26.6. The molecule has 6 atom stereocenters. The molecule has 0 amide bonds. The Balaban J connectivity index is 2.06. The standard InChI is InChI=1S/C22H30O12/c1-22(30,9-16(24)25)10-17(26)32-11-15-18(27)19(28)20(29)21(34-15)33-13-6-5-12(4-3-7-23)8-14(13)31-2/h3-6,8,15,18-21,23,27-30H,7,9-11H2,1-2H3,(H,24,25). The Hall–Kier alpha value is -2.74. The highest BCUT2D eigenvalue weighted by atomic mass is 16.7. The summed E-state index contributed by atoms with van der Waals surface area (Å²) >= 11 is 0. The molecule has 0 spiro atoms. The summed E-state index contributed by atoms with van der Waals surface area (Å²) in [6.07, 6.45) is -5.88. The molecule has 1 heterocycles. The van der Waals surface area contributed by atoms with E-state index in [-0.39, 0.29) is 18.1 Å². The first-order valence-corrected chi connectivity index (χ1v) is 10.4. The van der Waals surface area contributed by atoms with E-state index in [2.05, 4.69) is 0 Å². The van der Waals surface area contributed by atoms with E-state index in [1.807, 2.05) is 0 Å². The second kappa shape index (κ2) is 12.1. The van der Waals surface area contributed by atoms with E-state index in [0.29, 0.717) is 5.56 Å². The molecule has 1 aliphatic heterocycles. The Labute approximate surface area is 195 Å². The van der Waals surface area contributed by atoms with Crippen LogP contribution in [0.3, 0.4) is 0 Å². The lowest BCUT2D eigenvalue weighted by atomic mass is 9.98. The fraction of sp³-hybridized carbons (Fsp3) is 0.545. The summed E-state index contributed by atoms with van der Waals surface area (Å²) in [5.41, 5.74) is -1.15. The topological polar surface area (TPSA) is 192 Å². The van der Waals surface area contributed by atoms with Gasteiger partial charge in [-0.05, 0) is 24.6 Å². The van der Waals surface area contributed by atoms with Crippen LogP contribution in [-0.2, 0) is 19.1 Å². The van der Waals surface area contributed by atoms with Crippen molar-refractivity contribution in [3.8, 4) is 11.5 Å². The molecule has 0 saturated carbocycles. The number of benzene rings is 1. The molecule has 34 heavy (non-hydrogen) atoms. The van der Waals surface area contributed by atoms with E-state index < -0.39 is 67.7 Å². The Morgan fingerprint density at radius 3 is 2.44 bits per heavy atom. The van der Waals surface area contributed by atoms with Crippen LogP contribution in [0.15, 0.2) is 24.3 Å². The molecule has 2 rings (SSSR count). The number of carboxylic acids is 1. The molecule has 0 bridgehead atoms. The summed E-state index contributed by atoms with van der Waals surface area (Å²) < 4.78 is 21.4. The summed E-state index contributed by atoms with van der Waals surface area (Å²) in [6.45, 7) is 0.456. The lowest BCUT2D eigenvalue weighted by Crippen LogP contribution is -2.60. The van der Waals surface area contributed by atoms with Crippen molar-refractivity contribution in [3.05, 3.63) is 29.8 Å². The Morgan fingerprint density at radius 1 is 1.12 bits per heavy atom. The number of hydrogen-bond acceptors (Lipinski definition) is 11. The van der Waals surface area contributed by atoms with E-state index >= 15 is 0 Å². The molecule has 0 aliphatic carbocycles. The number of aliphatic hydroxyl groups excluding tert-OH is 4. The van der Waals surface area contributed by atoms with Crippen molar-refractivity contribution >= 4 is 18.0 Å². The van der Waals surface area contributed by atoms with Crippen LogP contribution in [0.4, 0.5) is 0 Å². The maximum absolute atomic E-state index is 12.0. The minimum absolute atomic E-state index is 0.147. The van der Waals surface area contributed by atoms with E-state index in [4.69, 9.17) is 29.2 Å². The van der Waals surface area contributed by atoms with Gasteiger partial charge in [0.25, 0.3) is 0 Å². The molecule has 1 aliphatic rings. The average Bonchev–Trinajstić information content (AvgIpc) is 2.76. The van der Waals surface area contributed by atoms with Crippen LogP contribution in [-0.4, -0.2) is 99.2 Å². The number of esters is 1. The van der Waals surface area contributed by atoms with Gasteiger partial charge in [0.1, 0.15) is 31.0 Å². The zero-order valence-corrected chi connectivity index (χ0v) is 18.7. The molecular weight excluding hydrogens is 456 g/mol. The lowest BCUT2D eigenvalue weighted by molar-refractivity contribution is -0.278. The van der Waals surface area contributed by atoms with Crippen LogP contribution < -0.4 is 9.47 Å². The second-order valence-electron chi connectivity index (χ2n) is 8.06. The van der Waals surface area contributed by atoms with Gasteiger partial charge in [-0.3, -0.25) is 9.59 Å². The number of aliphatic hydroxyl groups is 5. The number of carbonyl (C=O) groups excluding carboxylic acids is 1. The van der Waals surface area contributed by atoms with Gasteiger partial charge in [0.2, 0.25) is 6.29 Å². The maximum Gasteiger partial charge on any atom is 0.308 e. The number of rotatable bonds is 11. The van der Waals surface area contributed by atoms with Crippen molar-refractivity contribution in [1.82, 2.24) is 0 Å². The number of hydrogen-bond donors (Lipinski definition) is 6. The van der Waals surface area contributed by atoms with Gasteiger partial charge in [0.05, 0.1) is 32.2 Å². The molecule has 6 unspecified atom stereocenters. The summed E-state index contributed by atoms with van der Waals surface area (Å²) in [7, 11) is 1.39. The van der Waals surface area contributed by atoms with Crippen molar-refractivity contribution in [2.45, 2.75) is 56.1 Å². The first kappa shape index (κ1) is 27.5. The third kappa shape index (κ3) is 7.65. The van der Waals surface area contributed by atoms with Crippen LogP contribution in [0, 0.1) is 0 Å². The van der Waals surface area contributed by atoms with Gasteiger partial charge in [0, 0.05) is 0 Å². The van der Waals surface area contributed by atoms with Crippen molar-refractivity contribution in [2.24, 2.45) is 0 Å². The van der Waals surface area contributed by atoms with Crippen molar-refractivity contribution in [1.29, 1.82) is 0 Å². The van der Waals surface area contributed by atoms with E-state index in [9.17, 15) is 30.0 Å². The summed E-state index contributed by atoms with van der Waals surface area (Å²) in [5, 5.41) is 58.4. The highest BCUT2D eigenvalue weighted by Crippen LogP contribution is 2.32. The van der Waals surface area contributed by atoms with Crippen molar-refractivity contribution < 1.29 is 59.2 Å². The van der Waals surface area contributed by atoms with Crippen LogP contribution >= 0.6 is 0 Å². The van der Waals surface area contributed by atoms with Crippen molar-refractivity contribution in [2.75, 3.05) is 20.3 Å². The minimum atomic E-state index is -1.84. The van der Waals surface area contributed by atoms with E-state index in [0.717, 1.165) is 6.92 Å². The van der Waals surface area contributed by atoms with Crippen LogP contribution in [0.5, 0.6) is 11.5 Å². The van der Waals surface area contributed by atoms with Gasteiger partial charge in [-0.1, -0.05) is 18.2 Å². The maximum atomic E-state index is 12.0. The summed E-state index contributed by atoms with van der Waals surface area (Å²) in [5.74, 6) is -1.83. The smallest absolute Gasteiger partial charge is 0.308 e. The Morgan fingerprint density at radius 2 is 1.82 bits per heavy atom. The fourth-order valence-electron chi connectivity index (χ4n) is 3.28. The predicted molar refractivity (Wildman–Crippen MR) is 115 cm³/mol. The van der Waals surface area contributed by atoms with Gasteiger partial charge in [0.15, 0.2) is 11.5 Å². The zero-order chi connectivity index (χ0) is 25.5. The van der Waals surface area contributed by atoms with Crippen LogP contribution in [0.25, 0.3) is 6.08 Å². The SMILES string of the molecule is COc1cc(C=CCO)ccc1OC1OC(COC(=O)CC(C)(O)CC(=O)O)C(O)C(O)C1O. The molecular formula is C22H30O12. The largest absolute Gasteiger partial charge is 0.493 e. The number of carboxylic acid groups (broad SMARTS) is 1. The van der Waals surface area contributed by atoms with E-state index in [1.54, 1.807) is 18.2 Å². The number of methoxy groups -OCH3 is 1. The zero-order valence-electron chi connectivity index (χ0n) is 18.7. The number of ether oxygens (including phenoxy) is 4. The highest BCUT2D eigenvalue weighted by Gasteiger charge is 2.46. The first-order chi connectivity index (χ1) is 16.0. The van der Waals surface area contributed by atoms with Gasteiger partial charge in [-0.2, -0.15) is 0 Å². The molecule has 190 valence electrons. The predicted octanol–water partition coefficient (Wildman–Crippen LogP) is -0.954. The molecule has 6 N–H and O–H groups in total. The monoisotopic (exact) mass is 486 g/mol. The summed E-state index contributed by atoms with van der Waals surface area (Å²) in [4.78, 5) is 22.8. The third-order valence-corrected chi connectivity index (χ3v) is 4.98. The number of carbonyl (C=O) groups is 2. The average molecular weight is 486 g/mol. The van der Waals surface area contributed by atoms with Gasteiger partial charge < -0.3 is 49.6 Å². The Kier molecular flexibility index (Phi) is 9.79. The molecule has 1 aromatic rings. The third-order valence-electron chi connectivity index (χ3n) is 4.98. The minimum Gasteiger partial charge on any atom is -0.493 e. The van der Waals surface area contributed by atoms with Gasteiger partial charge in [-0.15, -0.1) is 0 Å². The molecule has 12 heteroatoms. The van der Waals surface area contributed by atoms with Crippen LogP contribution in [0.1, 0.15) is 25.3 Å². The molecule has 1 saturated heterocycles. The van der Waals surface area contributed by atoms with Crippen molar-refractivity contribution in [3.63, 3.8) is 0 Å². The number of aliphatic carboxylic acids is 1. The molecule has 0 aromatic heterocycles. The van der Waals surface area contributed by atoms with Crippen LogP contribution in [0.2, 0.25) is 0 Å². The molecule has 0 radical (unpaired) electrons. The molecule has 12 nitrogen and oxygen atoms in total. The summed E-state index contributed by atoms with van der Waals surface area (Å²) in [6, 6.07) is 4.76. The van der Waals surface area contributed by atoms with Gasteiger partial charge >= 0.3 is 11.9 Å². The molecule has 1 aromatic carbocycles. The Bertz CT molecular complexity index is 867. The first-order valence-electron chi connectivity index (χ1n) is 10.4. The second-order valence-corrected chi connectivity index (χ2v) is 8.06. The highest BCUT2D eigenvalue weighted by molar-refractivity contribution is 5.73. The van der Waals surface area contributed by atoms with Gasteiger partial charge in [-0.25, -0.2) is 0 Å². The fourth-order valence-corrected chi connectivity index (χ4v) is 3.28. The molecule has 1 fully saturated rings. The van der Waals surface area contributed by atoms with E-state index in [1.165, 1.54) is 19.3 Å². The quantitative estimate of drug-likeness (QED) is 0.210. The lowest BCUT2D eigenvalue weighted by Gasteiger charge is -2.40.